The van der Waals surface area contributed by atoms with Crippen LogP contribution in [0.5, 0.6) is 0 Å². The number of hydrogen-bond acceptors (Lipinski definition) is 4. The van der Waals surface area contributed by atoms with Crippen molar-refractivity contribution in [2.45, 2.75) is 115 Å². The van der Waals surface area contributed by atoms with Gasteiger partial charge in [-0.05, 0) is 115 Å². The van der Waals surface area contributed by atoms with Gasteiger partial charge in [-0.3, -0.25) is 9.59 Å². The topological polar surface area (TPSA) is 59.7 Å². The van der Waals surface area contributed by atoms with Crippen LogP contribution in [0.15, 0.2) is 24.3 Å². The zero-order valence-electron chi connectivity index (χ0n) is 26.5. The van der Waals surface area contributed by atoms with Gasteiger partial charge in [-0.1, -0.05) is 17.2 Å². The number of aromatic nitrogens is 1. The van der Waals surface area contributed by atoms with Gasteiger partial charge in [-0.2, -0.15) is 0 Å². The molecule has 7 rings (SSSR count). The van der Waals surface area contributed by atoms with Crippen LogP contribution in [0.2, 0.25) is 0 Å². The number of nitrogens with one attached hydrogen (secondary N) is 1. The van der Waals surface area contributed by atoms with E-state index in [4.69, 9.17) is 0 Å². The van der Waals surface area contributed by atoms with E-state index in [9.17, 15) is 9.59 Å². The summed E-state index contributed by atoms with van der Waals surface area (Å²) >= 11 is 1.78. The molecule has 4 aliphatic rings. The predicted octanol–water partition coefficient (Wildman–Crippen LogP) is 6.96. The highest BCUT2D eigenvalue weighted by Crippen LogP contribution is 2.44. The minimum atomic E-state index is -0.527. The second-order valence-corrected chi connectivity index (χ2v) is 15.4. The van der Waals surface area contributed by atoms with E-state index in [0.717, 1.165) is 64.7 Å². The Hall–Kier alpha value is -2.64. The average Bonchev–Trinajstić information content (AvgIpc) is 3.76. The first-order valence-corrected chi connectivity index (χ1v) is 17.6. The van der Waals surface area contributed by atoms with Crippen molar-refractivity contribution < 1.29 is 9.59 Å². The SMILES string of the molecule is Cc1cc(C)cc(-c2[nH]c3sc(C(C)(C)C(=O)N4C5CCC4CC5)cc3c2CCN2CCC(N3CCCCC3=O)CC2)c1. The molecule has 0 spiro atoms. The van der Waals surface area contributed by atoms with E-state index in [1.807, 2.05) is 0 Å². The maximum Gasteiger partial charge on any atom is 0.233 e. The molecule has 4 saturated heterocycles. The Labute approximate surface area is 260 Å². The third-order valence-corrected chi connectivity index (χ3v) is 12.4. The number of piperidine rings is 2. The minimum absolute atomic E-state index is 0.313. The lowest BCUT2D eigenvalue weighted by molar-refractivity contribution is -0.138. The van der Waals surface area contributed by atoms with E-state index >= 15 is 0 Å². The molecule has 0 radical (unpaired) electrons. The Balaban J connectivity index is 1.14. The highest BCUT2D eigenvalue weighted by molar-refractivity contribution is 7.19. The molecule has 4 fully saturated rings. The number of carbonyl (C=O) groups is 2. The Morgan fingerprint density at radius 1 is 0.907 bits per heavy atom. The molecular weight excluding hydrogens is 552 g/mol. The molecule has 43 heavy (non-hydrogen) atoms. The van der Waals surface area contributed by atoms with Crippen LogP contribution in [0.3, 0.4) is 0 Å². The van der Waals surface area contributed by atoms with Crippen molar-refractivity contribution in [3.05, 3.63) is 45.8 Å². The standard InChI is InChI=1S/C36H48N4O2S/c1-23-19-24(2)21-25(20-23)33-29(14-18-38-16-12-26(13-17-38)39-15-6-5-7-32(39)41)30-22-31(43-34(30)37-33)36(3,4)35(42)40-27-8-9-28(40)11-10-27/h19-22,26-28,37H,5-18H2,1-4H3. The molecule has 2 amide bonds. The lowest BCUT2D eigenvalue weighted by Gasteiger charge is -2.40. The molecular formula is C36H48N4O2S. The van der Waals surface area contributed by atoms with E-state index in [1.165, 1.54) is 68.7 Å². The molecule has 0 saturated carbocycles. The quantitative estimate of drug-likeness (QED) is 0.319. The van der Waals surface area contributed by atoms with Gasteiger partial charge < -0.3 is 19.7 Å². The van der Waals surface area contributed by atoms with Gasteiger partial charge in [0.2, 0.25) is 11.8 Å². The van der Waals surface area contributed by atoms with E-state index in [-0.39, 0.29) is 0 Å². The van der Waals surface area contributed by atoms with Crippen LogP contribution in [0.1, 0.15) is 93.2 Å². The zero-order valence-corrected chi connectivity index (χ0v) is 27.3. The van der Waals surface area contributed by atoms with Crippen LogP contribution in [-0.4, -0.2) is 75.8 Å². The molecule has 0 aliphatic carbocycles. The summed E-state index contributed by atoms with van der Waals surface area (Å²) in [7, 11) is 0. The number of fused-ring (bicyclic) bond motifs is 3. The average molecular weight is 601 g/mol. The van der Waals surface area contributed by atoms with E-state index in [2.05, 4.69) is 71.6 Å². The molecule has 4 aliphatic heterocycles. The Bertz CT molecular complexity index is 1490. The number of thiophene rings is 1. The van der Waals surface area contributed by atoms with E-state index in [1.54, 1.807) is 11.3 Å². The van der Waals surface area contributed by atoms with Gasteiger partial charge in [0.05, 0.1) is 11.1 Å². The Morgan fingerprint density at radius 2 is 1.58 bits per heavy atom. The van der Waals surface area contributed by atoms with Crippen LogP contribution >= 0.6 is 11.3 Å². The zero-order chi connectivity index (χ0) is 29.9. The van der Waals surface area contributed by atoms with Gasteiger partial charge in [0.1, 0.15) is 4.83 Å². The first kappa shape index (κ1) is 29.1. The molecule has 6 nitrogen and oxygen atoms in total. The number of rotatable bonds is 7. The summed E-state index contributed by atoms with van der Waals surface area (Å²) in [6.07, 6.45) is 10.8. The molecule has 230 valence electrons. The summed E-state index contributed by atoms with van der Waals surface area (Å²) in [5.74, 6) is 0.678. The van der Waals surface area contributed by atoms with Gasteiger partial charge in [0, 0.05) is 61.0 Å². The van der Waals surface area contributed by atoms with Crippen LogP contribution in [-0.2, 0) is 21.4 Å². The van der Waals surface area contributed by atoms with Gasteiger partial charge in [0.25, 0.3) is 0 Å². The summed E-state index contributed by atoms with van der Waals surface area (Å²) in [5.41, 5.74) is 5.89. The molecule has 2 bridgehead atoms. The first-order valence-electron chi connectivity index (χ1n) is 16.8. The van der Waals surface area contributed by atoms with Crippen molar-refractivity contribution in [2.24, 2.45) is 0 Å². The smallest absolute Gasteiger partial charge is 0.233 e. The van der Waals surface area contributed by atoms with Gasteiger partial charge in [0.15, 0.2) is 0 Å². The van der Waals surface area contributed by atoms with Gasteiger partial charge in [-0.15, -0.1) is 11.3 Å². The molecule has 0 atom stereocenters. The summed E-state index contributed by atoms with van der Waals surface area (Å²) in [6.45, 7) is 12.7. The summed E-state index contributed by atoms with van der Waals surface area (Å²) in [4.78, 5) is 39.7. The predicted molar refractivity (Wildman–Crippen MR) is 176 cm³/mol. The fraction of sp³-hybridized carbons (Fsp3) is 0.611. The summed E-state index contributed by atoms with van der Waals surface area (Å²) in [6, 6.07) is 10.5. The molecule has 1 N–H and O–H groups in total. The Morgan fingerprint density at radius 3 is 2.23 bits per heavy atom. The maximum absolute atomic E-state index is 14.0. The monoisotopic (exact) mass is 600 g/mol. The minimum Gasteiger partial charge on any atom is -0.346 e. The van der Waals surface area contributed by atoms with Crippen molar-refractivity contribution in [3.8, 4) is 11.3 Å². The lowest BCUT2D eigenvalue weighted by Crippen LogP contribution is -2.49. The fourth-order valence-corrected chi connectivity index (χ4v) is 9.76. The molecule has 7 heteroatoms. The highest BCUT2D eigenvalue weighted by Gasteiger charge is 2.47. The summed E-state index contributed by atoms with van der Waals surface area (Å²) < 4.78 is 0. The number of aromatic amines is 1. The van der Waals surface area contributed by atoms with E-state index < -0.39 is 5.41 Å². The largest absolute Gasteiger partial charge is 0.346 e. The number of benzene rings is 1. The van der Waals surface area contributed by atoms with Crippen LogP contribution in [0.4, 0.5) is 0 Å². The van der Waals surface area contributed by atoms with Gasteiger partial charge in [-0.25, -0.2) is 0 Å². The number of carbonyl (C=O) groups excluding carboxylic acids is 2. The maximum atomic E-state index is 14.0. The molecule has 6 heterocycles. The third-order valence-electron chi connectivity index (χ3n) is 11.0. The van der Waals surface area contributed by atoms with Crippen molar-refractivity contribution >= 4 is 33.4 Å². The number of aryl methyl sites for hydroxylation is 2. The van der Waals surface area contributed by atoms with Gasteiger partial charge >= 0.3 is 0 Å². The Kier molecular flexibility index (Phi) is 7.70. The van der Waals surface area contributed by atoms with Crippen molar-refractivity contribution in [1.82, 2.24) is 19.7 Å². The lowest BCUT2D eigenvalue weighted by atomic mass is 9.88. The van der Waals surface area contributed by atoms with Crippen molar-refractivity contribution in [3.63, 3.8) is 0 Å². The number of H-pyrrole nitrogens is 1. The second kappa shape index (κ2) is 11.4. The number of amides is 2. The van der Waals surface area contributed by atoms with E-state index in [0.29, 0.717) is 29.9 Å². The van der Waals surface area contributed by atoms with Crippen LogP contribution in [0, 0.1) is 13.8 Å². The number of hydrogen-bond donors (Lipinski definition) is 1. The third kappa shape index (κ3) is 5.35. The molecule has 1 aromatic carbocycles. The highest BCUT2D eigenvalue weighted by atomic mass is 32.1. The molecule has 3 aromatic rings. The van der Waals surface area contributed by atoms with Crippen LogP contribution < -0.4 is 0 Å². The first-order chi connectivity index (χ1) is 20.7. The number of nitrogens with zero attached hydrogens (tertiary/aromatic N) is 3. The van der Waals surface area contributed by atoms with Crippen LogP contribution in [0.25, 0.3) is 21.5 Å². The molecule has 2 aromatic heterocycles. The van der Waals surface area contributed by atoms with Crippen molar-refractivity contribution in [1.29, 1.82) is 0 Å². The van der Waals surface area contributed by atoms with Crippen molar-refractivity contribution in [2.75, 3.05) is 26.2 Å². The number of likely N-dealkylation sites (tertiary alicyclic amines) is 2. The summed E-state index contributed by atoms with van der Waals surface area (Å²) in [5, 5.41) is 1.29. The second-order valence-electron chi connectivity index (χ2n) is 14.4. The molecule has 0 unspecified atom stereocenters. The normalized spacial score (nSPS) is 23.7. The fourth-order valence-electron chi connectivity index (χ4n) is 8.57.